The average molecular weight is 293 g/mol. The maximum absolute atomic E-state index is 5.90. The van der Waals surface area contributed by atoms with Crippen molar-refractivity contribution in [3.8, 4) is 0 Å². The first kappa shape index (κ1) is 14.4. The Hall–Kier alpha value is -1.03. The average Bonchev–Trinajstić information content (AvgIpc) is 2.40. The highest BCUT2D eigenvalue weighted by atomic mass is 35.5. The molecule has 4 heteroatoms. The van der Waals surface area contributed by atoms with Crippen molar-refractivity contribution in [1.82, 2.24) is 10.3 Å². The second-order valence-electron chi connectivity index (χ2n) is 4.56. The van der Waals surface area contributed by atoms with E-state index < -0.39 is 0 Å². The SMILES string of the molecule is CC(C)NCc1cccnc1Sc1ccc(Cl)cc1. The van der Waals surface area contributed by atoms with Gasteiger partial charge in [0.25, 0.3) is 0 Å². The summed E-state index contributed by atoms with van der Waals surface area (Å²) in [5, 5.41) is 5.22. The van der Waals surface area contributed by atoms with Crippen molar-refractivity contribution in [3.05, 3.63) is 53.2 Å². The quantitative estimate of drug-likeness (QED) is 0.885. The molecule has 0 amide bonds. The molecule has 2 rings (SSSR count). The first-order valence-electron chi connectivity index (χ1n) is 6.26. The molecule has 0 aliphatic rings. The summed E-state index contributed by atoms with van der Waals surface area (Å²) < 4.78 is 0. The highest BCUT2D eigenvalue weighted by Crippen LogP contribution is 2.29. The van der Waals surface area contributed by atoms with E-state index >= 15 is 0 Å². The Balaban J connectivity index is 2.13. The lowest BCUT2D eigenvalue weighted by atomic mass is 10.2. The maximum Gasteiger partial charge on any atom is 0.105 e. The second-order valence-corrected chi connectivity index (χ2v) is 6.06. The molecule has 2 aromatic rings. The summed E-state index contributed by atoms with van der Waals surface area (Å²) in [5.74, 6) is 0. The van der Waals surface area contributed by atoms with E-state index in [1.807, 2.05) is 36.5 Å². The molecular formula is C15H17ClN2S. The fraction of sp³-hybridized carbons (Fsp3) is 0.267. The van der Waals surface area contributed by atoms with Crippen LogP contribution in [0.15, 0.2) is 52.5 Å². The van der Waals surface area contributed by atoms with Crippen LogP contribution in [0.4, 0.5) is 0 Å². The van der Waals surface area contributed by atoms with Gasteiger partial charge in [0.1, 0.15) is 5.03 Å². The number of rotatable bonds is 5. The smallest absolute Gasteiger partial charge is 0.105 e. The van der Waals surface area contributed by atoms with Crippen molar-refractivity contribution in [2.24, 2.45) is 0 Å². The third-order valence-electron chi connectivity index (χ3n) is 2.58. The van der Waals surface area contributed by atoms with Gasteiger partial charge >= 0.3 is 0 Å². The molecule has 0 aliphatic heterocycles. The summed E-state index contributed by atoms with van der Waals surface area (Å²) in [7, 11) is 0. The Morgan fingerprint density at radius 2 is 1.95 bits per heavy atom. The molecule has 19 heavy (non-hydrogen) atoms. The third kappa shape index (κ3) is 4.53. The minimum Gasteiger partial charge on any atom is -0.310 e. The molecule has 1 heterocycles. The molecule has 2 nitrogen and oxygen atoms in total. The van der Waals surface area contributed by atoms with E-state index in [1.54, 1.807) is 11.8 Å². The van der Waals surface area contributed by atoms with E-state index in [0.717, 1.165) is 21.5 Å². The van der Waals surface area contributed by atoms with Gasteiger partial charge in [-0.2, -0.15) is 0 Å². The van der Waals surface area contributed by atoms with Crippen molar-refractivity contribution in [1.29, 1.82) is 0 Å². The van der Waals surface area contributed by atoms with Gasteiger partial charge in [0.15, 0.2) is 0 Å². The Kier molecular flexibility index (Phi) is 5.25. The Morgan fingerprint density at radius 1 is 1.21 bits per heavy atom. The molecule has 0 radical (unpaired) electrons. The minimum atomic E-state index is 0.466. The molecule has 1 aromatic heterocycles. The number of nitrogens with zero attached hydrogens (tertiary/aromatic N) is 1. The number of benzene rings is 1. The van der Waals surface area contributed by atoms with Crippen LogP contribution in [0.3, 0.4) is 0 Å². The second kappa shape index (κ2) is 6.94. The van der Waals surface area contributed by atoms with Crippen molar-refractivity contribution in [3.63, 3.8) is 0 Å². The fourth-order valence-corrected chi connectivity index (χ4v) is 2.59. The lowest BCUT2D eigenvalue weighted by Crippen LogP contribution is -2.22. The van der Waals surface area contributed by atoms with E-state index in [-0.39, 0.29) is 0 Å². The largest absolute Gasteiger partial charge is 0.310 e. The van der Waals surface area contributed by atoms with Gasteiger partial charge < -0.3 is 5.32 Å². The lowest BCUT2D eigenvalue weighted by molar-refractivity contribution is 0.582. The number of halogens is 1. The van der Waals surface area contributed by atoms with Crippen LogP contribution in [0.2, 0.25) is 5.02 Å². The molecular weight excluding hydrogens is 276 g/mol. The van der Waals surface area contributed by atoms with Gasteiger partial charge in [-0.15, -0.1) is 0 Å². The van der Waals surface area contributed by atoms with Gasteiger partial charge in [-0.3, -0.25) is 0 Å². The van der Waals surface area contributed by atoms with Gasteiger partial charge in [0, 0.05) is 28.7 Å². The molecule has 0 bridgehead atoms. The van der Waals surface area contributed by atoms with Crippen molar-refractivity contribution in [2.45, 2.75) is 36.4 Å². The zero-order chi connectivity index (χ0) is 13.7. The highest BCUT2D eigenvalue weighted by molar-refractivity contribution is 7.99. The normalized spacial score (nSPS) is 10.9. The zero-order valence-electron chi connectivity index (χ0n) is 11.1. The summed E-state index contributed by atoms with van der Waals surface area (Å²) in [6.45, 7) is 5.12. The molecule has 0 saturated heterocycles. The molecule has 0 fully saturated rings. The monoisotopic (exact) mass is 292 g/mol. The number of aromatic nitrogens is 1. The summed E-state index contributed by atoms with van der Waals surface area (Å²) in [5.41, 5.74) is 1.22. The number of hydrogen-bond donors (Lipinski definition) is 1. The molecule has 0 aliphatic carbocycles. The molecule has 0 spiro atoms. The highest BCUT2D eigenvalue weighted by Gasteiger charge is 2.06. The van der Waals surface area contributed by atoms with Crippen LogP contribution < -0.4 is 5.32 Å². The first-order chi connectivity index (χ1) is 9.15. The predicted octanol–water partition coefficient (Wildman–Crippen LogP) is 4.38. The third-order valence-corrected chi connectivity index (χ3v) is 3.90. The van der Waals surface area contributed by atoms with Gasteiger partial charge in [0.2, 0.25) is 0 Å². The van der Waals surface area contributed by atoms with Crippen molar-refractivity contribution in [2.75, 3.05) is 0 Å². The molecule has 1 aromatic carbocycles. The van der Waals surface area contributed by atoms with E-state index in [9.17, 15) is 0 Å². The predicted molar refractivity (Wildman–Crippen MR) is 81.8 cm³/mol. The van der Waals surface area contributed by atoms with Crippen LogP contribution in [0.25, 0.3) is 0 Å². The summed E-state index contributed by atoms with van der Waals surface area (Å²) in [4.78, 5) is 5.61. The zero-order valence-corrected chi connectivity index (χ0v) is 12.6. The Morgan fingerprint density at radius 3 is 2.63 bits per heavy atom. The standard InChI is InChI=1S/C15H17ClN2S/c1-11(2)18-10-12-4-3-9-17-15(12)19-14-7-5-13(16)6-8-14/h3-9,11,18H,10H2,1-2H3. The molecule has 1 N–H and O–H groups in total. The molecule has 0 unspecified atom stereocenters. The number of pyridine rings is 1. The minimum absolute atomic E-state index is 0.466. The fourth-order valence-electron chi connectivity index (χ4n) is 1.58. The Labute approximate surface area is 123 Å². The van der Waals surface area contributed by atoms with Crippen LogP contribution in [-0.4, -0.2) is 11.0 Å². The summed E-state index contributed by atoms with van der Waals surface area (Å²) in [6.07, 6.45) is 1.83. The van der Waals surface area contributed by atoms with E-state index in [1.165, 1.54) is 5.56 Å². The van der Waals surface area contributed by atoms with E-state index in [4.69, 9.17) is 11.6 Å². The van der Waals surface area contributed by atoms with Crippen LogP contribution in [0, 0.1) is 0 Å². The van der Waals surface area contributed by atoms with Crippen molar-refractivity contribution < 1.29 is 0 Å². The van der Waals surface area contributed by atoms with Gasteiger partial charge in [-0.25, -0.2) is 4.98 Å². The lowest BCUT2D eigenvalue weighted by Gasteiger charge is -2.11. The van der Waals surface area contributed by atoms with Crippen LogP contribution in [0.5, 0.6) is 0 Å². The Bertz CT molecular complexity index is 526. The number of nitrogens with one attached hydrogen (secondary N) is 1. The van der Waals surface area contributed by atoms with Crippen LogP contribution in [0.1, 0.15) is 19.4 Å². The van der Waals surface area contributed by atoms with Crippen LogP contribution in [-0.2, 0) is 6.54 Å². The summed E-state index contributed by atoms with van der Waals surface area (Å²) >= 11 is 7.56. The molecule has 0 saturated carbocycles. The van der Waals surface area contributed by atoms with Gasteiger partial charge in [-0.05, 0) is 35.9 Å². The van der Waals surface area contributed by atoms with Gasteiger partial charge in [-0.1, -0.05) is 43.3 Å². The molecule has 100 valence electrons. The summed E-state index contributed by atoms with van der Waals surface area (Å²) in [6, 6.07) is 12.4. The maximum atomic E-state index is 5.90. The molecule has 0 atom stereocenters. The number of hydrogen-bond acceptors (Lipinski definition) is 3. The van der Waals surface area contributed by atoms with Crippen LogP contribution >= 0.6 is 23.4 Å². The first-order valence-corrected chi connectivity index (χ1v) is 7.45. The van der Waals surface area contributed by atoms with E-state index in [2.05, 4.69) is 30.2 Å². The topological polar surface area (TPSA) is 24.9 Å². The van der Waals surface area contributed by atoms with E-state index in [0.29, 0.717) is 6.04 Å². The van der Waals surface area contributed by atoms with Gasteiger partial charge in [0.05, 0.1) is 0 Å². The van der Waals surface area contributed by atoms with Crippen molar-refractivity contribution >= 4 is 23.4 Å².